The number of hydrogen-bond donors (Lipinski definition) is 0. The lowest BCUT2D eigenvalue weighted by Gasteiger charge is -2.35. The minimum Gasteiger partial charge on any atom is -0.456 e. The molecule has 2 heterocycles. The van der Waals surface area contributed by atoms with Crippen LogP contribution in [0.25, 0.3) is 76.9 Å². The van der Waals surface area contributed by atoms with Crippen LogP contribution in [0.2, 0.25) is 0 Å². The standard InChI is InChI=1S/C85H58N2O2/c1-55-35-37-61(38-36-55)87(63-42-50-81-73(52-63)67-32-18-20-34-79(67)89-81)65-40-44-71-77(54-65)85(58-25-11-4-12-26-58,59-27-13-5-14-28-59)75-48-46-68-69(83(71)75)45-47-74-82(68)70-43-39-64(53-76(70)84(74,56-21-7-2-8-22-56)57-23-9-3-10-24-57)86(60-29-15-6-16-30-60)62-41-49-80-72(51-62)66-31-17-19-33-78(66)88-80/h2-35,37-55H,36H2,1H3. The summed E-state index contributed by atoms with van der Waals surface area (Å²) in [5.74, 6) is 0.447. The molecular formula is C85H58N2O2. The molecule has 4 nitrogen and oxygen atoms in total. The number of fused-ring (bicyclic) bond motifs is 15. The highest BCUT2D eigenvalue weighted by molar-refractivity contribution is 6.13. The first-order valence-electron chi connectivity index (χ1n) is 31.0. The van der Waals surface area contributed by atoms with E-state index in [0.717, 1.165) is 84.4 Å². The third-order valence-corrected chi connectivity index (χ3v) is 19.5. The molecule has 15 aromatic rings. The predicted octanol–water partition coefficient (Wildman–Crippen LogP) is 22.5. The topological polar surface area (TPSA) is 32.8 Å². The second-order valence-electron chi connectivity index (χ2n) is 24.3. The SMILES string of the molecule is CC1C=CC(N(c2ccc3c(c2)C(c2ccccc2)(c2ccccc2)c2ccc4c5c(ccc4c2-3)C(c2ccccc2)(c2ccccc2)c2cc(N(c3ccccc3)c3ccc4oc6ccccc6c4c3)ccc2-5)c2ccc3oc4ccccc4c3c2)=CC1. The van der Waals surface area contributed by atoms with Crippen LogP contribution in [0.4, 0.5) is 28.4 Å². The van der Waals surface area contributed by atoms with Crippen LogP contribution in [-0.4, -0.2) is 0 Å². The number of benzene rings is 13. The molecule has 89 heavy (non-hydrogen) atoms. The van der Waals surface area contributed by atoms with Gasteiger partial charge in [0.25, 0.3) is 0 Å². The minimum absolute atomic E-state index is 0.447. The molecule has 1 unspecified atom stereocenters. The number of furan rings is 2. The van der Waals surface area contributed by atoms with Gasteiger partial charge >= 0.3 is 0 Å². The molecule has 0 saturated heterocycles. The van der Waals surface area contributed by atoms with Gasteiger partial charge in [0.1, 0.15) is 22.3 Å². The van der Waals surface area contributed by atoms with Gasteiger partial charge in [-0.25, -0.2) is 0 Å². The van der Waals surface area contributed by atoms with Gasteiger partial charge in [0.2, 0.25) is 0 Å². The molecule has 0 aliphatic heterocycles. The van der Waals surface area contributed by atoms with E-state index in [1.807, 2.05) is 12.1 Å². The predicted molar refractivity (Wildman–Crippen MR) is 367 cm³/mol. The summed E-state index contributed by atoms with van der Waals surface area (Å²) in [6.45, 7) is 2.29. The quantitative estimate of drug-likeness (QED) is 0.137. The van der Waals surface area contributed by atoms with E-state index < -0.39 is 10.8 Å². The molecule has 0 N–H and O–H groups in total. The van der Waals surface area contributed by atoms with Gasteiger partial charge in [0.15, 0.2) is 0 Å². The summed E-state index contributed by atoms with van der Waals surface area (Å²) >= 11 is 0. The van der Waals surface area contributed by atoms with E-state index in [4.69, 9.17) is 8.83 Å². The zero-order valence-electron chi connectivity index (χ0n) is 49.0. The van der Waals surface area contributed by atoms with Gasteiger partial charge in [0.05, 0.1) is 10.8 Å². The maximum Gasteiger partial charge on any atom is 0.135 e. The highest BCUT2D eigenvalue weighted by Crippen LogP contribution is 2.63. The number of hydrogen-bond acceptors (Lipinski definition) is 4. The number of para-hydroxylation sites is 3. The van der Waals surface area contributed by atoms with Crippen LogP contribution in [0, 0.1) is 5.92 Å². The van der Waals surface area contributed by atoms with Gasteiger partial charge < -0.3 is 18.6 Å². The van der Waals surface area contributed by atoms with Crippen LogP contribution >= 0.6 is 0 Å². The monoisotopic (exact) mass is 1140 g/mol. The van der Waals surface area contributed by atoms with Crippen molar-refractivity contribution in [3.63, 3.8) is 0 Å². The molecule has 2 aromatic heterocycles. The van der Waals surface area contributed by atoms with E-state index in [2.05, 4.69) is 320 Å². The minimum atomic E-state index is -0.691. The molecule has 0 bridgehead atoms. The maximum atomic E-state index is 6.43. The molecule has 0 radical (unpaired) electrons. The Bertz CT molecular complexity index is 5290. The highest BCUT2D eigenvalue weighted by atomic mass is 16.3. The van der Waals surface area contributed by atoms with Gasteiger partial charge in [0, 0.05) is 55.7 Å². The normalized spacial score (nSPS) is 15.1. The fraction of sp³-hybridized carbons (Fsp3) is 0.0588. The summed E-state index contributed by atoms with van der Waals surface area (Å²) in [5.41, 5.74) is 23.5. The molecule has 0 spiro atoms. The Morgan fingerprint density at radius 3 is 1.15 bits per heavy atom. The van der Waals surface area contributed by atoms with Gasteiger partial charge in [-0.2, -0.15) is 0 Å². The van der Waals surface area contributed by atoms with Crippen molar-refractivity contribution < 1.29 is 8.83 Å². The summed E-state index contributed by atoms with van der Waals surface area (Å²) in [5, 5.41) is 6.85. The smallest absolute Gasteiger partial charge is 0.135 e. The number of anilines is 5. The fourth-order valence-corrected chi connectivity index (χ4v) is 15.7. The Hall–Kier alpha value is -11.2. The molecule has 13 aromatic carbocycles. The molecule has 0 fully saturated rings. The average Bonchev–Trinajstić information content (AvgIpc) is 1.53. The summed E-state index contributed by atoms with van der Waals surface area (Å²) < 4.78 is 12.8. The second-order valence-corrected chi connectivity index (χ2v) is 24.3. The second kappa shape index (κ2) is 19.9. The Kier molecular flexibility index (Phi) is 11.4. The third kappa shape index (κ3) is 7.54. The van der Waals surface area contributed by atoms with Gasteiger partial charge in [-0.1, -0.05) is 231 Å². The zero-order valence-corrected chi connectivity index (χ0v) is 49.0. The zero-order chi connectivity index (χ0) is 58.8. The third-order valence-electron chi connectivity index (χ3n) is 19.5. The van der Waals surface area contributed by atoms with Crippen LogP contribution in [0.1, 0.15) is 57.9 Å². The lowest BCUT2D eigenvalue weighted by atomic mass is 9.67. The van der Waals surface area contributed by atoms with Crippen molar-refractivity contribution in [2.75, 3.05) is 9.80 Å². The summed E-state index contributed by atoms with van der Waals surface area (Å²) in [6, 6.07) is 110. The van der Waals surface area contributed by atoms with Gasteiger partial charge in [-0.05, 0) is 181 Å². The van der Waals surface area contributed by atoms with Crippen molar-refractivity contribution in [3.8, 4) is 22.3 Å². The van der Waals surface area contributed by atoms with Crippen molar-refractivity contribution >= 4 is 83.1 Å². The summed E-state index contributed by atoms with van der Waals surface area (Å²) in [6.07, 6.45) is 8.03. The first kappa shape index (κ1) is 51.1. The Morgan fingerprint density at radius 1 is 0.315 bits per heavy atom. The van der Waals surface area contributed by atoms with Gasteiger partial charge in [-0.15, -0.1) is 0 Å². The van der Waals surface area contributed by atoms with E-state index in [0.29, 0.717) is 5.92 Å². The van der Waals surface area contributed by atoms with E-state index in [-0.39, 0.29) is 0 Å². The van der Waals surface area contributed by atoms with Crippen LogP contribution in [0.5, 0.6) is 0 Å². The number of nitrogens with zero attached hydrogens (tertiary/aromatic N) is 2. The average molecular weight is 1140 g/mol. The highest BCUT2D eigenvalue weighted by Gasteiger charge is 2.50. The Balaban J connectivity index is 0.899. The van der Waals surface area contributed by atoms with E-state index in [1.54, 1.807) is 0 Å². The van der Waals surface area contributed by atoms with Crippen molar-refractivity contribution in [1.29, 1.82) is 0 Å². The van der Waals surface area contributed by atoms with Crippen molar-refractivity contribution in [1.82, 2.24) is 0 Å². The fourth-order valence-electron chi connectivity index (χ4n) is 15.7. The van der Waals surface area contributed by atoms with Crippen LogP contribution in [-0.2, 0) is 10.8 Å². The van der Waals surface area contributed by atoms with Crippen LogP contribution in [0.3, 0.4) is 0 Å². The Morgan fingerprint density at radius 2 is 0.697 bits per heavy atom. The lowest BCUT2D eigenvalue weighted by Crippen LogP contribution is -2.29. The molecule has 4 heteroatoms. The molecule has 420 valence electrons. The van der Waals surface area contributed by atoms with Crippen molar-refractivity contribution in [2.24, 2.45) is 5.92 Å². The summed E-state index contributed by atoms with van der Waals surface area (Å²) in [7, 11) is 0. The summed E-state index contributed by atoms with van der Waals surface area (Å²) in [4.78, 5) is 4.88. The lowest BCUT2D eigenvalue weighted by molar-refractivity contribution is 0.668. The molecule has 0 amide bonds. The molecule has 3 aliphatic rings. The molecule has 18 rings (SSSR count). The number of allylic oxidation sites excluding steroid dienone is 3. The molecule has 1 atom stereocenters. The first-order chi connectivity index (χ1) is 44.0. The number of rotatable bonds is 10. The van der Waals surface area contributed by atoms with Crippen molar-refractivity contribution in [3.05, 3.63) is 366 Å². The largest absolute Gasteiger partial charge is 0.456 e. The van der Waals surface area contributed by atoms with E-state index in [9.17, 15) is 0 Å². The van der Waals surface area contributed by atoms with Crippen LogP contribution in [0.15, 0.2) is 330 Å². The van der Waals surface area contributed by atoms with E-state index >= 15 is 0 Å². The van der Waals surface area contributed by atoms with Crippen molar-refractivity contribution in [2.45, 2.75) is 24.2 Å². The van der Waals surface area contributed by atoms with Gasteiger partial charge in [-0.3, -0.25) is 0 Å². The molecular weight excluding hydrogens is 1080 g/mol. The Labute approximate surface area is 516 Å². The molecule has 0 saturated carbocycles. The maximum absolute atomic E-state index is 6.43. The van der Waals surface area contributed by atoms with Crippen LogP contribution < -0.4 is 9.80 Å². The molecule has 3 aliphatic carbocycles. The first-order valence-corrected chi connectivity index (χ1v) is 31.0. The van der Waals surface area contributed by atoms with E-state index in [1.165, 1.54) is 77.5 Å².